The molecule has 1 N–H and O–H groups in total. The minimum atomic E-state index is -0.457. The molecule has 0 saturated heterocycles. The molecular weight excluding hydrogens is 349 g/mol. The van der Waals surface area contributed by atoms with Gasteiger partial charge in [0.05, 0.1) is 5.69 Å². The van der Waals surface area contributed by atoms with E-state index in [0.717, 1.165) is 4.68 Å². The molecule has 0 saturated carbocycles. The second kappa shape index (κ2) is 7.74. The fourth-order valence-corrected chi connectivity index (χ4v) is 2.49. The summed E-state index contributed by atoms with van der Waals surface area (Å²) < 4.78 is 14.1. The van der Waals surface area contributed by atoms with E-state index in [9.17, 15) is 18.8 Å². The minimum Gasteiger partial charge on any atom is -0.324 e. The van der Waals surface area contributed by atoms with Crippen LogP contribution in [-0.2, 0) is 11.3 Å². The summed E-state index contributed by atoms with van der Waals surface area (Å²) >= 11 is 0. The van der Waals surface area contributed by atoms with Gasteiger partial charge in [-0.2, -0.15) is 5.10 Å². The number of nitrogens with zero attached hydrogens (tertiary/aromatic N) is 2. The smallest absolute Gasteiger partial charge is 0.267 e. The summed E-state index contributed by atoms with van der Waals surface area (Å²) in [6.45, 7) is 1.14. The molecule has 27 heavy (non-hydrogen) atoms. The van der Waals surface area contributed by atoms with Gasteiger partial charge in [0.15, 0.2) is 5.78 Å². The largest absolute Gasteiger partial charge is 0.324 e. The van der Waals surface area contributed by atoms with Gasteiger partial charge < -0.3 is 5.32 Å². The standard InChI is InChI=1S/C20H16FN3O3/c1-13(25)15-3-2-4-17(11-15)22-19(26)12-24-20(27)10-9-18(23-24)14-5-7-16(21)8-6-14/h2-11H,12H2,1H3,(H,22,26). The Kier molecular flexibility index (Phi) is 5.21. The zero-order valence-electron chi connectivity index (χ0n) is 14.5. The third-order valence-corrected chi connectivity index (χ3v) is 3.85. The summed E-state index contributed by atoms with van der Waals surface area (Å²) in [7, 11) is 0. The van der Waals surface area contributed by atoms with Crippen molar-refractivity contribution in [1.29, 1.82) is 0 Å². The van der Waals surface area contributed by atoms with Gasteiger partial charge in [0.2, 0.25) is 5.91 Å². The molecule has 1 amide bonds. The Morgan fingerprint density at radius 2 is 1.81 bits per heavy atom. The van der Waals surface area contributed by atoms with E-state index in [1.54, 1.807) is 36.4 Å². The first kappa shape index (κ1) is 18.2. The van der Waals surface area contributed by atoms with Crippen LogP contribution in [0.3, 0.4) is 0 Å². The average molecular weight is 365 g/mol. The van der Waals surface area contributed by atoms with Crippen molar-refractivity contribution in [3.05, 3.63) is 82.4 Å². The molecule has 1 aromatic heterocycles. The lowest BCUT2D eigenvalue weighted by Crippen LogP contribution is -2.29. The predicted octanol–water partition coefficient (Wildman–Crippen LogP) is 2.89. The fraction of sp³-hybridized carbons (Fsp3) is 0.100. The van der Waals surface area contributed by atoms with Crippen LogP contribution in [0.25, 0.3) is 11.3 Å². The number of aromatic nitrogens is 2. The second-order valence-corrected chi connectivity index (χ2v) is 5.91. The van der Waals surface area contributed by atoms with Crippen molar-refractivity contribution in [3.63, 3.8) is 0 Å². The number of hydrogen-bond donors (Lipinski definition) is 1. The van der Waals surface area contributed by atoms with Gasteiger partial charge in [-0.05, 0) is 49.4 Å². The van der Waals surface area contributed by atoms with Gasteiger partial charge in [0, 0.05) is 22.9 Å². The van der Waals surface area contributed by atoms with Crippen LogP contribution < -0.4 is 10.9 Å². The highest BCUT2D eigenvalue weighted by Gasteiger charge is 2.09. The minimum absolute atomic E-state index is 0.115. The summed E-state index contributed by atoms with van der Waals surface area (Å²) in [6, 6.07) is 15.0. The lowest BCUT2D eigenvalue weighted by atomic mass is 10.1. The lowest BCUT2D eigenvalue weighted by Gasteiger charge is -2.09. The van der Waals surface area contributed by atoms with E-state index in [-0.39, 0.29) is 18.1 Å². The van der Waals surface area contributed by atoms with Crippen molar-refractivity contribution in [2.45, 2.75) is 13.5 Å². The first-order valence-electron chi connectivity index (χ1n) is 8.17. The van der Waals surface area contributed by atoms with Crippen LogP contribution in [0.5, 0.6) is 0 Å². The molecule has 6 nitrogen and oxygen atoms in total. The molecule has 3 rings (SSSR count). The van der Waals surface area contributed by atoms with E-state index >= 15 is 0 Å². The first-order valence-corrected chi connectivity index (χ1v) is 8.17. The molecule has 0 bridgehead atoms. The number of anilines is 1. The molecule has 0 atom stereocenters. The van der Waals surface area contributed by atoms with Crippen molar-refractivity contribution in [2.24, 2.45) is 0 Å². The SMILES string of the molecule is CC(=O)c1cccc(NC(=O)Cn2nc(-c3ccc(F)cc3)ccc2=O)c1. The van der Waals surface area contributed by atoms with E-state index in [0.29, 0.717) is 22.5 Å². The molecular formula is C20H16FN3O3. The number of Topliss-reactive ketones (excluding diaryl/α,β-unsaturated/α-hetero) is 1. The highest BCUT2D eigenvalue weighted by molar-refractivity contribution is 5.97. The van der Waals surface area contributed by atoms with Crippen molar-refractivity contribution in [1.82, 2.24) is 9.78 Å². The van der Waals surface area contributed by atoms with Crippen LogP contribution in [0.2, 0.25) is 0 Å². The average Bonchev–Trinajstić information content (AvgIpc) is 2.64. The maximum absolute atomic E-state index is 13.1. The molecule has 3 aromatic rings. The highest BCUT2D eigenvalue weighted by Crippen LogP contribution is 2.16. The number of halogens is 1. The molecule has 0 fully saturated rings. The number of nitrogens with one attached hydrogen (secondary N) is 1. The molecule has 7 heteroatoms. The number of amides is 1. The molecule has 1 heterocycles. The molecule has 0 aliphatic carbocycles. The monoisotopic (exact) mass is 365 g/mol. The van der Waals surface area contributed by atoms with Gasteiger partial charge in [0.1, 0.15) is 12.4 Å². The highest BCUT2D eigenvalue weighted by atomic mass is 19.1. The van der Waals surface area contributed by atoms with Gasteiger partial charge in [-0.1, -0.05) is 12.1 Å². The second-order valence-electron chi connectivity index (χ2n) is 5.91. The van der Waals surface area contributed by atoms with Gasteiger partial charge in [-0.25, -0.2) is 9.07 Å². The number of carbonyl (C=O) groups is 2. The van der Waals surface area contributed by atoms with Crippen molar-refractivity contribution in [2.75, 3.05) is 5.32 Å². The Bertz CT molecular complexity index is 1060. The topological polar surface area (TPSA) is 81.1 Å². The summed E-state index contributed by atoms with van der Waals surface area (Å²) in [5, 5.41) is 6.81. The Hall–Kier alpha value is -3.61. The Morgan fingerprint density at radius 3 is 2.52 bits per heavy atom. The Morgan fingerprint density at radius 1 is 1.07 bits per heavy atom. The van der Waals surface area contributed by atoms with E-state index in [1.807, 2.05) is 0 Å². The number of hydrogen-bond acceptors (Lipinski definition) is 4. The van der Waals surface area contributed by atoms with Crippen LogP contribution >= 0.6 is 0 Å². The number of ketones is 1. The summed E-state index contributed by atoms with van der Waals surface area (Å²) in [5.41, 5.74) is 1.56. The summed E-state index contributed by atoms with van der Waals surface area (Å²) in [5.74, 6) is -0.947. The van der Waals surface area contributed by atoms with E-state index in [4.69, 9.17) is 0 Å². The molecule has 0 aliphatic rings. The predicted molar refractivity (Wildman–Crippen MR) is 99.0 cm³/mol. The van der Waals surface area contributed by atoms with Gasteiger partial charge in [0.25, 0.3) is 5.56 Å². The van der Waals surface area contributed by atoms with Crippen LogP contribution in [-0.4, -0.2) is 21.5 Å². The number of benzene rings is 2. The maximum atomic E-state index is 13.1. The zero-order valence-corrected chi connectivity index (χ0v) is 14.5. The van der Waals surface area contributed by atoms with Crippen LogP contribution in [0.4, 0.5) is 10.1 Å². The zero-order chi connectivity index (χ0) is 19.4. The van der Waals surface area contributed by atoms with E-state index < -0.39 is 11.5 Å². The summed E-state index contributed by atoms with van der Waals surface area (Å²) in [4.78, 5) is 35.7. The molecule has 0 radical (unpaired) electrons. The van der Waals surface area contributed by atoms with Crippen LogP contribution in [0, 0.1) is 5.82 Å². The molecule has 136 valence electrons. The molecule has 0 unspecified atom stereocenters. The maximum Gasteiger partial charge on any atom is 0.267 e. The third-order valence-electron chi connectivity index (χ3n) is 3.85. The van der Waals surface area contributed by atoms with Crippen LogP contribution in [0.15, 0.2) is 65.5 Å². The van der Waals surface area contributed by atoms with E-state index in [1.165, 1.54) is 31.2 Å². The van der Waals surface area contributed by atoms with Gasteiger partial charge in [-0.3, -0.25) is 14.4 Å². The lowest BCUT2D eigenvalue weighted by molar-refractivity contribution is -0.117. The normalized spacial score (nSPS) is 10.4. The van der Waals surface area contributed by atoms with Gasteiger partial charge >= 0.3 is 0 Å². The Labute approximate surface area is 154 Å². The van der Waals surface area contributed by atoms with Crippen LogP contribution in [0.1, 0.15) is 17.3 Å². The fourth-order valence-electron chi connectivity index (χ4n) is 2.49. The number of rotatable bonds is 5. The van der Waals surface area contributed by atoms with Crippen molar-refractivity contribution in [3.8, 4) is 11.3 Å². The molecule has 0 aliphatic heterocycles. The first-order chi connectivity index (χ1) is 12.9. The van der Waals surface area contributed by atoms with Crippen molar-refractivity contribution < 1.29 is 14.0 Å². The number of carbonyl (C=O) groups excluding carboxylic acids is 2. The Balaban J connectivity index is 1.78. The van der Waals surface area contributed by atoms with Crippen molar-refractivity contribution >= 4 is 17.4 Å². The molecule has 2 aromatic carbocycles. The quantitative estimate of drug-likeness (QED) is 0.705. The molecule has 0 spiro atoms. The van der Waals surface area contributed by atoms with E-state index in [2.05, 4.69) is 10.4 Å². The van der Waals surface area contributed by atoms with Gasteiger partial charge in [-0.15, -0.1) is 0 Å². The summed E-state index contributed by atoms with van der Waals surface area (Å²) in [6.07, 6.45) is 0. The third kappa shape index (κ3) is 4.52.